The Labute approximate surface area is 150 Å². The van der Waals surface area contributed by atoms with E-state index in [1.54, 1.807) is 6.92 Å². The fourth-order valence-corrected chi connectivity index (χ4v) is 3.22. The van der Waals surface area contributed by atoms with Crippen molar-refractivity contribution in [1.82, 2.24) is 9.62 Å². The summed E-state index contributed by atoms with van der Waals surface area (Å²) in [5.41, 5.74) is 2.60. The number of benzene rings is 1. The summed E-state index contributed by atoms with van der Waals surface area (Å²) in [6.45, 7) is 6.16. The fourth-order valence-electron chi connectivity index (χ4n) is 2.38. The van der Waals surface area contributed by atoms with E-state index in [4.69, 9.17) is 0 Å². The van der Waals surface area contributed by atoms with Crippen molar-refractivity contribution in [2.24, 2.45) is 0 Å². The third-order valence-corrected chi connectivity index (χ3v) is 5.95. The minimum Gasteiger partial charge on any atom is -0.356 e. The van der Waals surface area contributed by atoms with E-state index >= 15 is 0 Å². The Balaban J connectivity index is 2.33. The molecule has 1 rings (SSSR count). The van der Waals surface area contributed by atoms with Gasteiger partial charge in [-0.15, -0.1) is 0 Å². The van der Waals surface area contributed by atoms with Gasteiger partial charge in [0.15, 0.2) is 5.78 Å². The molecule has 0 atom stereocenters. The second-order valence-electron chi connectivity index (χ2n) is 6.17. The molecule has 0 spiro atoms. The highest BCUT2D eigenvalue weighted by Crippen LogP contribution is 2.13. The number of nitrogens with zero attached hydrogens (tertiary/aromatic N) is 1. The van der Waals surface area contributed by atoms with Gasteiger partial charge in [-0.1, -0.05) is 17.7 Å². The molecule has 140 valence electrons. The van der Waals surface area contributed by atoms with Gasteiger partial charge in [-0.2, -0.15) is 0 Å². The van der Waals surface area contributed by atoms with Crippen LogP contribution in [0.4, 0.5) is 0 Å². The fraction of sp³-hybridized carbons (Fsp3) is 0.556. The van der Waals surface area contributed by atoms with E-state index in [2.05, 4.69) is 5.32 Å². The van der Waals surface area contributed by atoms with Gasteiger partial charge in [-0.05, 0) is 38.8 Å². The van der Waals surface area contributed by atoms with Crippen LogP contribution in [-0.4, -0.2) is 50.3 Å². The van der Waals surface area contributed by atoms with E-state index in [0.717, 1.165) is 11.1 Å². The Morgan fingerprint density at radius 1 is 1.16 bits per heavy atom. The Morgan fingerprint density at radius 3 is 2.48 bits per heavy atom. The molecule has 1 amide bonds. The highest BCUT2D eigenvalue weighted by Gasteiger charge is 2.15. The Bertz CT molecular complexity index is 714. The van der Waals surface area contributed by atoms with E-state index in [9.17, 15) is 18.0 Å². The molecule has 0 bridgehead atoms. The molecule has 0 aliphatic carbocycles. The van der Waals surface area contributed by atoms with Gasteiger partial charge < -0.3 is 5.32 Å². The first kappa shape index (κ1) is 21.3. The Hall–Kier alpha value is -1.73. The van der Waals surface area contributed by atoms with Gasteiger partial charge in [0.2, 0.25) is 15.9 Å². The van der Waals surface area contributed by atoms with Crippen molar-refractivity contribution < 1.29 is 18.0 Å². The summed E-state index contributed by atoms with van der Waals surface area (Å²) in [6.07, 6.45) is 0.835. The molecule has 0 heterocycles. The predicted molar refractivity (Wildman–Crippen MR) is 99.2 cm³/mol. The van der Waals surface area contributed by atoms with E-state index in [0.29, 0.717) is 25.1 Å². The van der Waals surface area contributed by atoms with Gasteiger partial charge in [0.05, 0.1) is 5.75 Å². The highest BCUT2D eigenvalue weighted by atomic mass is 32.2. The van der Waals surface area contributed by atoms with Crippen LogP contribution in [0.1, 0.15) is 47.7 Å². The number of carbonyl (C=O) groups is 2. The second-order valence-corrected chi connectivity index (χ2v) is 8.53. The normalized spacial score (nSPS) is 11.6. The van der Waals surface area contributed by atoms with Gasteiger partial charge in [0.1, 0.15) is 0 Å². The lowest BCUT2D eigenvalue weighted by atomic mass is 9.99. The molecular weight excluding hydrogens is 340 g/mol. The summed E-state index contributed by atoms with van der Waals surface area (Å²) in [7, 11) is -1.65. The molecule has 0 saturated heterocycles. The van der Waals surface area contributed by atoms with Crippen molar-refractivity contribution in [3.8, 4) is 0 Å². The zero-order valence-electron chi connectivity index (χ0n) is 15.5. The molecule has 1 N–H and O–H groups in total. The van der Waals surface area contributed by atoms with Gasteiger partial charge in [-0.25, -0.2) is 12.7 Å². The van der Waals surface area contributed by atoms with Crippen LogP contribution in [0.25, 0.3) is 0 Å². The maximum atomic E-state index is 12.2. The lowest BCUT2D eigenvalue weighted by Crippen LogP contribution is -2.32. The Morgan fingerprint density at radius 2 is 1.84 bits per heavy atom. The number of Topliss-reactive ketones (excluding diaryl/α,β-unsaturated/α-hetero) is 1. The first-order chi connectivity index (χ1) is 11.7. The highest BCUT2D eigenvalue weighted by molar-refractivity contribution is 7.89. The van der Waals surface area contributed by atoms with E-state index in [-0.39, 0.29) is 30.3 Å². The predicted octanol–water partition coefficient (Wildman–Crippen LogP) is 2.05. The van der Waals surface area contributed by atoms with Crippen molar-refractivity contribution in [2.45, 2.75) is 40.0 Å². The molecule has 1 aromatic carbocycles. The van der Waals surface area contributed by atoms with E-state index in [1.807, 2.05) is 32.0 Å². The summed E-state index contributed by atoms with van der Waals surface area (Å²) >= 11 is 0. The third-order valence-electron chi connectivity index (χ3n) is 4.08. The molecule has 0 aromatic heterocycles. The maximum Gasteiger partial charge on any atom is 0.220 e. The van der Waals surface area contributed by atoms with Crippen LogP contribution in [0.15, 0.2) is 18.2 Å². The van der Waals surface area contributed by atoms with Crippen molar-refractivity contribution in [3.05, 3.63) is 34.9 Å². The van der Waals surface area contributed by atoms with Crippen molar-refractivity contribution >= 4 is 21.7 Å². The molecule has 0 aliphatic heterocycles. The molecule has 25 heavy (non-hydrogen) atoms. The number of aryl methyl sites for hydroxylation is 2. The van der Waals surface area contributed by atoms with Crippen molar-refractivity contribution in [1.29, 1.82) is 0 Å². The molecule has 1 aromatic rings. The van der Waals surface area contributed by atoms with Crippen LogP contribution in [0.3, 0.4) is 0 Å². The molecule has 0 saturated carbocycles. The minimum atomic E-state index is -3.18. The van der Waals surface area contributed by atoms with Gasteiger partial charge in [0.25, 0.3) is 0 Å². The number of rotatable bonds is 10. The summed E-state index contributed by atoms with van der Waals surface area (Å²) in [4.78, 5) is 24.1. The summed E-state index contributed by atoms with van der Waals surface area (Å²) in [5.74, 6) is -0.166. The van der Waals surface area contributed by atoms with Crippen LogP contribution < -0.4 is 5.32 Å². The minimum absolute atomic E-state index is 0.0369. The van der Waals surface area contributed by atoms with Crippen LogP contribution in [-0.2, 0) is 14.8 Å². The SMILES string of the molecule is CCS(=O)(=O)N(C)CCCNC(=O)CCC(=O)c1cc(C)ccc1C. The van der Waals surface area contributed by atoms with Gasteiger partial charge in [0, 0.05) is 38.5 Å². The largest absolute Gasteiger partial charge is 0.356 e. The second kappa shape index (κ2) is 9.68. The molecular formula is C18H28N2O4S. The maximum absolute atomic E-state index is 12.2. The van der Waals surface area contributed by atoms with Crippen molar-refractivity contribution in [3.63, 3.8) is 0 Å². The number of nitrogens with one attached hydrogen (secondary N) is 1. The van der Waals surface area contributed by atoms with Crippen LogP contribution in [0.2, 0.25) is 0 Å². The average Bonchev–Trinajstić information content (AvgIpc) is 2.58. The number of ketones is 1. The number of amides is 1. The topological polar surface area (TPSA) is 83.6 Å². The first-order valence-electron chi connectivity index (χ1n) is 8.48. The molecule has 0 unspecified atom stereocenters. The van der Waals surface area contributed by atoms with Crippen LogP contribution >= 0.6 is 0 Å². The number of carbonyl (C=O) groups excluding carboxylic acids is 2. The lowest BCUT2D eigenvalue weighted by molar-refractivity contribution is -0.121. The zero-order valence-corrected chi connectivity index (χ0v) is 16.3. The molecule has 0 fully saturated rings. The third kappa shape index (κ3) is 6.96. The van der Waals surface area contributed by atoms with E-state index < -0.39 is 10.0 Å². The molecule has 0 radical (unpaired) electrons. The Kier molecular flexibility index (Phi) is 8.25. The monoisotopic (exact) mass is 368 g/mol. The standard InChI is InChI=1S/C18H28N2O4S/c1-5-25(23,24)20(4)12-6-11-19-18(22)10-9-17(21)16-13-14(2)7-8-15(16)3/h7-8,13H,5-6,9-12H2,1-4H3,(H,19,22). The number of hydrogen-bond donors (Lipinski definition) is 1. The van der Waals surface area contributed by atoms with Crippen LogP contribution in [0, 0.1) is 13.8 Å². The number of hydrogen-bond acceptors (Lipinski definition) is 4. The number of sulfonamides is 1. The van der Waals surface area contributed by atoms with Crippen molar-refractivity contribution in [2.75, 3.05) is 25.9 Å². The lowest BCUT2D eigenvalue weighted by Gasteiger charge is -2.15. The van der Waals surface area contributed by atoms with E-state index in [1.165, 1.54) is 11.4 Å². The zero-order chi connectivity index (χ0) is 19.0. The first-order valence-corrected chi connectivity index (χ1v) is 10.1. The smallest absolute Gasteiger partial charge is 0.220 e. The average molecular weight is 368 g/mol. The van der Waals surface area contributed by atoms with Gasteiger partial charge >= 0.3 is 0 Å². The summed E-state index contributed by atoms with van der Waals surface area (Å²) in [5, 5.41) is 2.73. The molecule has 0 aliphatic rings. The quantitative estimate of drug-likeness (QED) is 0.506. The van der Waals surface area contributed by atoms with Gasteiger partial charge in [-0.3, -0.25) is 9.59 Å². The summed E-state index contributed by atoms with van der Waals surface area (Å²) < 4.78 is 24.5. The molecule has 6 nitrogen and oxygen atoms in total. The summed E-state index contributed by atoms with van der Waals surface area (Å²) in [6, 6.07) is 5.71. The van der Waals surface area contributed by atoms with Crippen LogP contribution in [0.5, 0.6) is 0 Å². The molecule has 7 heteroatoms.